The molecule has 0 atom stereocenters. The van der Waals surface area contributed by atoms with Gasteiger partial charge < -0.3 is 39.4 Å². The summed E-state index contributed by atoms with van der Waals surface area (Å²) in [6.45, 7) is 3.41. The molecule has 4 aromatic rings. The molecule has 0 unspecified atom stereocenters. The van der Waals surface area contributed by atoms with E-state index in [2.05, 4.69) is 62.3 Å². The third kappa shape index (κ3) is 11.5. The highest BCUT2D eigenvalue weighted by molar-refractivity contribution is 6.01. The Morgan fingerprint density at radius 2 is 1.52 bits per heavy atom. The van der Waals surface area contributed by atoms with Crippen molar-refractivity contribution < 1.29 is 52.0 Å². The minimum atomic E-state index is -3.74. The van der Waals surface area contributed by atoms with Crippen molar-refractivity contribution in [2.24, 2.45) is 0 Å². The molecule has 286 valence electrons. The summed E-state index contributed by atoms with van der Waals surface area (Å²) in [5.41, 5.74) is 2.72. The number of anilines is 1. The quantitative estimate of drug-likeness (QED) is 0.0997. The first-order valence-electron chi connectivity index (χ1n) is 17.6. The van der Waals surface area contributed by atoms with Crippen molar-refractivity contribution in [3.05, 3.63) is 108 Å². The molecule has 12 nitrogen and oxygen atoms in total. The molecule has 2 heterocycles. The van der Waals surface area contributed by atoms with Gasteiger partial charge in [0.2, 0.25) is 5.91 Å². The van der Waals surface area contributed by atoms with Crippen LogP contribution in [0.5, 0.6) is 11.5 Å². The van der Waals surface area contributed by atoms with Crippen LogP contribution in [-0.2, 0) is 35.6 Å². The number of hydrogen-bond donors (Lipinski definition) is 3. The fourth-order valence-corrected chi connectivity index (χ4v) is 5.61. The number of hydrogen-bond acceptors (Lipinski definition) is 9. The van der Waals surface area contributed by atoms with E-state index in [1.165, 1.54) is 30.5 Å². The number of nitrogens with zero attached hydrogens (tertiary/aromatic N) is 1. The maximum atomic E-state index is 13.5. The van der Waals surface area contributed by atoms with Gasteiger partial charge in [-0.05, 0) is 66.8 Å². The normalized spacial score (nSPS) is 14.4. The number of carbonyl (C=O) groups excluding carboxylic acids is 2. The minimum absolute atomic E-state index is 0.0837. The number of aliphatic carboxylic acids is 1. The van der Waals surface area contributed by atoms with Gasteiger partial charge in [0.05, 0.1) is 44.1 Å². The third-order valence-corrected chi connectivity index (χ3v) is 8.43. The number of rotatable bonds is 18. The van der Waals surface area contributed by atoms with Gasteiger partial charge in [0.15, 0.2) is 11.5 Å². The second kappa shape index (κ2) is 19.1. The van der Waals surface area contributed by atoms with Crippen molar-refractivity contribution in [3.8, 4) is 22.8 Å². The molecule has 0 spiro atoms. The van der Waals surface area contributed by atoms with Crippen molar-refractivity contribution in [1.82, 2.24) is 10.3 Å². The van der Waals surface area contributed by atoms with E-state index >= 15 is 0 Å². The first-order chi connectivity index (χ1) is 26.1. The fraction of sp³-hybridized carbons (Fsp3) is 0.350. The van der Waals surface area contributed by atoms with Gasteiger partial charge in [-0.25, -0.2) is 9.78 Å². The summed E-state index contributed by atoms with van der Waals surface area (Å²) < 4.78 is 51.5. The van der Waals surface area contributed by atoms with Gasteiger partial charge in [-0.15, -0.1) is 8.78 Å². The molecule has 14 heteroatoms. The number of carbonyl (C=O) groups is 3. The summed E-state index contributed by atoms with van der Waals surface area (Å²) >= 11 is 0. The summed E-state index contributed by atoms with van der Waals surface area (Å²) in [5.74, 6) is -1.54. The van der Waals surface area contributed by atoms with Crippen LogP contribution < -0.4 is 20.1 Å². The molecule has 1 saturated carbocycles. The van der Waals surface area contributed by atoms with Crippen molar-refractivity contribution in [2.75, 3.05) is 51.5 Å². The molecule has 0 radical (unpaired) electrons. The SMILES string of the molecule is CCCc1ccccc1.O=C(O)COCCOCCOCCNC(=O)c1cccc(-c2cccc(NC(=O)C3(c4ccc5c(c4)OC(F)(F)O5)CC3)n2)c1. The van der Waals surface area contributed by atoms with Crippen LogP contribution in [0.1, 0.15) is 47.7 Å². The molecule has 2 amide bonds. The van der Waals surface area contributed by atoms with Gasteiger partial charge in [0, 0.05) is 17.7 Å². The molecule has 3 aromatic carbocycles. The topological polar surface area (TPSA) is 155 Å². The smallest absolute Gasteiger partial charge is 0.480 e. The Morgan fingerprint density at radius 1 is 0.815 bits per heavy atom. The number of benzene rings is 3. The van der Waals surface area contributed by atoms with E-state index in [0.717, 1.165) is 0 Å². The van der Waals surface area contributed by atoms with Gasteiger partial charge in [-0.1, -0.05) is 67.9 Å². The number of halogens is 2. The molecule has 2 aliphatic rings. The highest BCUT2D eigenvalue weighted by Gasteiger charge is 2.53. The van der Waals surface area contributed by atoms with E-state index in [1.807, 2.05) is 0 Å². The Labute approximate surface area is 311 Å². The summed E-state index contributed by atoms with van der Waals surface area (Å²) in [5, 5.41) is 14.1. The maximum Gasteiger partial charge on any atom is 0.586 e. The second-order valence-electron chi connectivity index (χ2n) is 12.5. The third-order valence-electron chi connectivity index (χ3n) is 8.43. The molecule has 1 aliphatic heterocycles. The van der Waals surface area contributed by atoms with Crippen LogP contribution in [0.25, 0.3) is 11.3 Å². The molecule has 1 aromatic heterocycles. The van der Waals surface area contributed by atoms with Crippen LogP contribution in [0, 0.1) is 0 Å². The van der Waals surface area contributed by atoms with Crippen LogP contribution in [-0.4, -0.2) is 80.4 Å². The molecule has 1 fully saturated rings. The lowest BCUT2D eigenvalue weighted by Crippen LogP contribution is -2.28. The number of aromatic nitrogens is 1. The Kier molecular flexibility index (Phi) is 14.0. The van der Waals surface area contributed by atoms with Crippen LogP contribution >= 0.6 is 0 Å². The minimum Gasteiger partial charge on any atom is -0.480 e. The lowest BCUT2D eigenvalue weighted by atomic mass is 9.94. The average Bonchev–Trinajstić information content (AvgIpc) is 3.91. The van der Waals surface area contributed by atoms with Crippen molar-refractivity contribution in [3.63, 3.8) is 0 Å². The number of aryl methyl sites for hydroxylation is 1. The number of nitrogens with one attached hydrogen (secondary N) is 2. The predicted octanol–water partition coefficient (Wildman–Crippen LogP) is 6.24. The summed E-state index contributed by atoms with van der Waals surface area (Å²) in [7, 11) is 0. The zero-order valence-electron chi connectivity index (χ0n) is 29.9. The van der Waals surface area contributed by atoms with Crippen LogP contribution in [0.4, 0.5) is 14.6 Å². The van der Waals surface area contributed by atoms with Crippen molar-refractivity contribution in [2.45, 2.75) is 44.3 Å². The van der Waals surface area contributed by atoms with Gasteiger partial charge in [-0.2, -0.15) is 0 Å². The number of amides is 2. The van der Waals surface area contributed by atoms with E-state index in [-0.39, 0.29) is 56.3 Å². The van der Waals surface area contributed by atoms with Crippen LogP contribution in [0.3, 0.4) is 0 Å². The van der Waals surface area contributed by atoms with E-state index in [9.17, 15) is 23.2 Å². The monoisotopic (exact) mass is 747 g/mol. The number of ether oxygens (including phenoxy) is 5. The molecule has 1 aliphatic carbocycles. The Balaban J connectivity index is 0.000000546. The maximum absolute atomic E-state index is 13.5. The molecular weight excluding hydrogens is 704 g/mol. The average molecular weight is 748 g/mol. The van der Waals surface area contributed by atoms with Gasteiger partial charge in [0.25, 0.3) is 5.91 Å². The van der Waals surface area contributed by atoms with Gasteiger partial charge in [-0.3, -0.25) is 9.59 Å². The molecular formula is C40H43F2N3O9. The van der Waals surface area contributed by atoms with Gasteiger partial charge >= 0.3 is 12.3 Å². The standard InChI is InChI=1S/C31H31F2N3O9.C9H12/c32-31(33)44-24-8-7-22(18-25(24)45-31)30(9-10-30)29(40)36-26-6-2-5-23(35-26)20-3-1-4-21(17-20)28(39)34-11-12-41-13-14-42-15-16-43-19-27(37)38;1-2-6-9-7-4-3-5-8-9/h1-8,17-18H,9-16,19H2,(H,34,39)(H,37,38)(H,35,36,40);3-5,7-8H,2,6H2,1H3. The first kappa shape index (κ1) is 39.8. The highest BCUT2D eigenvalue weighted by Crippen LogP contribution is 2.52. The number of carboxylic acids is 1. The number of alkyl halides is 2. The van der Waals surface area contributed by atoms with Crippen LogP contribution in [0.15, 0.2) is 91.0 Å². The van der Waals surface area contributed by atoms with Crippen molar-refractivity contribution >= 4 is 23.6 Å². The largest absolute Gasteiger partial charge is 0.586 e. The molecule has 6 rings (SSSR count). The molecule has 0 saturated heterocycles. The molecule has 54 heavy (non-hydrogen) atoms. The number of fused-ring (bicyclic) bond motifs is 1. The predicted molar refractivity (Wildman–Crippen MR) is 195 cm³/mol. The van der Waals surface area contributed by atoms with E-state index in [1.54, 1.807) is 48.5 Å². The highest BCUT2D eigenvalue weighted by atomic mass is 19.3. The lowest BCUT2D eigenvalue weighted by Gasteiger charge is -2.16. The zero-order chi connectivity index (χ0) is 38.4. The van der Waals surface area contributed by atoms with E-state index in [4.69, 9.17) is 19.3 Å². The summed E-state index contributed by atoms with van der Waals surface area (Å²) in [4.78, 5) is 40.9. The molecule has 3 N–H and O–H groups in total. The summed E-state index contributed by atoms with van der Waals surface area (Å²) in [6, 6.07) is 27.0. The summed E-state index contributed by atoms with van der Waals surface area (Å²) in [6.07, 6.45) is -0.214. The van der Waals surface area contributed by atoms with E-state index in [0.29, 0.717) is 54.3 Å². The number of carboxylic acid groups (broad SMARTS) is 1. The van der Waals surface area contributed by atoms with E-state index < -0.39 is 17.7 Å². The Hall–Kier alpha value is -5.44. The fourth-order valence-electron chi connectivity index (χ4n) is 5.61. The second-order valence-corrected chi connectivity index (χ2v) is 12.5. The Morgan fingerprint density at radius 3 is 2.24 bits per heavy atom. The van der Waals surface area contributed by atoms with Crippen molar-refractivity contribution in [1.29, 1.82) is 0 Å². The lowest BCUT2D eigenvalue weighted by molar-refractivity contribution is -0.286. The zero-order valence-corrected chi connectivity index (χ0v) is 29.9. The van der Waals surface area contributed by atoms with Crippen LogP contribution in [0.2, 0.25) is 0 Å². The first-order valence-corrected chi connectivity index (χ1v) is 17.6. The van der Waals surface area contributed by atoms with Gasteiger partial charge in [0.1, 0.15) is 12.4 Å². The Bertz CT molecular complexity index is 1870. The number of pyridine rings is 1. The molecule has 0 bridgehead atoms.